The smallest absolute Gasteiger partial charge is 0.258 e. The molecule has 0 saturated carbocycles. The van der Waals surface area contributed by atoms with Crippen LogP contribution in [0.15, 0.2) is 84.0 Å². The lowest BCUT2D eigenvalue weighted by molar-refractivity contribution is 0.0430. The highest BCUT2D eigenvalue weighted by Gasteiger charge is 2.45. The third-order valence-electron chi connectivity index (χ3n) is 5.31. The van der Waals surface area contributed by atoms with E-state index in [4.69, 9.17) is 9.15 Å². The number of fused-ring (bicyclic) bond motifs is 1. The molecule has 148 valence electrons. The molecule has 2 aromatic carbocycles. The standard InChI is InChI=1S/C24H24N2O3/c1-3-15-28-19-13-11-18(12-14-19)24(4-2)25-22-10-6-5-9-21(22)23(27)26(24)17-20-8-7-16-29-20/h3,5-14,16,25H,1,4,15,17H2,2H3. The van der Waals surface area contributed by atoms with Gasteiger partial charge in [0.25, 0.3) is 5.91 Å². The van der Waals surface area contributed by atoms with Crippen LogP contribution in [0.4, 0.5) is 5.69 Å². The van der Waals surface area contributed by atoms with Crippen molar-refractivity contribution in [1.29, 1.82) is 0 Å². The van der Waals surface area contributed by atoms with Crippen LogP contribution >= 0.6 is 0 Å². The number of nitrogens with zero attached hydrogens (tertiary/aromatic N) is 1. The predicted octanol–water partition coefficient (Wildman–Crippen LogP) is 5.18. The van der Waals surface area contributed by atoms with Gasteiger partial charge in [-0.2, -0.15) is 0 Å². The first-order chi connectivity index (χ1) is 14.2. The van der Waals surface area contributed by atoms with E-state index in [0.29, 0.717) is 25.1 Å². The third-order valence-corrected chi connectivity index (χ3v) is 5.31. The Morgan fingerprint density at radius 1 is 1.14 bits per heavy atom. The van der Waals surface area contributed by atoms with Gasteiger partial charge in [0.2, 0.25) is 0 Å². The Bertz CT molecular complexity index is 995. The minimum absolute atomic E-state index is 0.0235. The number of carbonyl (C=O) groups is 1. The normalized spacial score (nSPS) is 18.1. The number of anilines is 1. The molecule has 29 heavy (non-hydrogen) atoms. The summed E-state index contributed by atoms with van der Waals surface area (Å²) in [4.78, 5) is 15.4. The molecule has 0 aliphatic carbocycles. The van der Waals surface area contributed by atoms with Crippen LogP contribution in [0.2, 0.25) is 0 Å². The fraction of sp³-hybridized carbons (Fsp3) is 0.208. The molecule has 1 atom stereocenters. The van der Waals surface area contributed by atoms with Gasteiger partial charge >= 0.3 is 0 Å². The molecule has 0 bridgehead atoms. The van der Waals surface area contributed by atoms with Gasteiger partial charge in [-0.3, -0.25) is 4.79 Å². The minimum atomic E-state index is -0.699. The summed E-state index contributed by atoms with van der Waals surface area (Å²) in [7, 11) is 0. The number of amides is 1. The number of nitrogens with one attached hydrogen (secondary N) is 1. The summed E-state index contributed by atoms with van der Waals surface area (Å²) in [5.41, 5.74) is 1.78. The van der Waals surface area contributed by atoms with Crippen molar-refractivity contribution < 1.29 is 13.9 Å². The Labute approximate surface area is 170 Å². The highest BCUT2D eigenvalue weighted by Crippen LogP contribution is 2.41. The summed E-state index contributed by atoms with van der Waals surface area (Å²) in [5, 5.41) is 3.64. The van der Waals surface area contributed by atoms with Crippen LogP contribution in [-0.2, 0) is 12.2 Å². The van der Waals surface area contributed by atoms with E-state index in [1.54, 1.807) is 12.3 Å². The Balaban J connectivity index is 1.78. The molecule has 1 aromatic heterocycles. The Hall–Kier alpha value is -3.47. The second kappa shape index (κ2) is 7.87. The molecule has 2 heterocycles. The van der Waals surface area contributed by atoms with Crippen LogP contribution < -0.4 is 10.1 Å². The maximum atomic E-state index is 13.5. The van der Waals surface area contributed by atoms with Crippen molar-refractivity contribution in [3.63, 3.8) is 0 Å². The Morgan fingerprint density at radius 2 is 1.93 bits per heavy atom. The van der Waals surface area contributed by atoms with Crippen LogP contribution in [0, 0.1) is 0 Å². The number of hydrogen-bond acceptors (Lipinski definition) is 4. The molecule has 0 spiro atoms. The molecular formula is C24H24N2O3. The maximum absolute atomic E-state index is 13.5. The van der Waals surface area contributed by atoms with Crippen molar-refractivity contribution in [1.82, 2.24) is 4.90 Å². The molecule has 1 aliphatic rings. The van der Waals surface area contributed by atoms with E-state index in [0.717, 1.165) is 22.8 Å². The van der Waals surface area contributed by atoms with Crippen LogP contribution in [0.5, 0.6) is 5.75 Å². The van der Waals surface area contributed by atoms with Gasteiger partial charge in [-0.05, 0) is 48.4 Å². The van der Waals surface area contributed by atoms with Crippen molar-refractivity contribution in [3.05, 3.63) is 96.5 Å². The zero-order valence-corrected chi connectivity index (χ0v) is 16.4. The van der Waals surface area contributed by atoms with Crippen LogP contribution in [0.3, 0.4) is 0 Å². The summed E-state index contributed by atoms with van der Waals surface area (Å²) >= 11 is 0. The molecular weight excluding hydrogens is 364 g/mol. The van der Waals surface area contributed by atoms with Crippen LogP contribution in [0.1, 0.15) is 35.0 Å². The van der Waals surface area contributed by atoms with Gasteiger partial charge in [-0.1, -0.05) is 43.8 Å². The monoisotopic (exact) mass is 388 g/mol. The summed E-state index contributed by atoms with van der Waals surface area (Å²) in [6, 6.07) is 19.2. The topological polar surface area (TPSA) is 54.7 Å². The highest BCUT2D eigenvalue weighted by atomic mass is 16.5. The van der Waals surface area contributed by atoms with Gasteiger partial charge in [0, 0.05) is 5.69 Å². The molecule has 1 aliphatic heterocycles. The highest BCUT2D eigenvalue weighted by molar-refractivity contribution is 6.02. The molecule has 3 aromatic rings. The predicted molar refractivity (Wildman–Crippen MR) is 113 cm³/mol. The molecule has 1 unspecified atom stereocenters. The van der Waals surface area contributed by atoms with E-state index in [2.05, 4.69) is 18.8 Å². The average Bonchev–Trinajstić information content (AvgIpc) is 3.28. The minimum Gasteiger partial charge on any atom is -0.490 e. The summed E-state index contributed by atoms with van der Waals surface area (Å²) in [6.07, 6.45) is 4.02. The molecule has 4 rings (SSSR count). The van der Waals surface area contributed by atoms with E-state index < -0.39 is 5.66 Å². The first kappa shape index (κ1) is 18.9. The van der Waals surface area contributed by atoms with E-state index in [-0.39, 0.29) is 5.91 Å². The fourth-order valence-corrected chi connectivity index (χ4v) is 3.85. The average molecular weight is 388 g/mol. The van der Waals surface area contributed by atoms with Crippen LogP contribution in [0.25, 0.3) is 0 Å². The van der Waals surface area contributed by atoms with E-state index in [9.17, 15) is 4.79 Å². The lowest BCUT2D eigenvalue weighted by Gasteiger charge is -2.48. The first-order valence-electron chi connectivity index (χ1n) is 9.73. The van der Waals surface area contributed by atoms with Gasteiger partial charge in [-0.15, -0.1) is 0 Å². The fourth-order valence-electron chi connectivity index (χ4n) is 3.85. The van der Waals surface area contributed by atoms with E-state index in [1.807, 2.05) is 65.6 Å². The van der Waals surface area contributed by atoms with Gasteiger partial charge in [0.05, 0.1) is 18.4 Å². The summed E-state index contributed by atoms with van der Waals surface area (Å²) in [6.45, 7) is 6.58. The van der Waals surface area contributed by atoms with Crippen LogP contribution in [-0.4, -0.2) is 17.4 Å². The van der Waals surface area contributed by atoms with Gasteiger partial charge in [0.1, 0.15) is 23.8 Å². The lowest BCUT2D eigenvalue weighted by Crippen LogP contribution is -2.56. The Morgan fingerprint density at radius 3 is 2.62 bits per heavy atom. The quantitative estimate of drug-likeness (QED) is 0.567. The van der Waals surface area contributed by atoms with Gasteiger partial charge in [-0.25, -0.2) is 0 Å². The molecule has 0 saturated heterocycles. The molecule has 1 N–H and O–H groups in total. The number of para-hydroxylation sites is 1. The zero-order chi connectivity index (χ0) is 20.3. The van der Waals surface area contributed by atoms with E-state index >= 15 is 0 Å². The second-order valence-electron chi connectivity index (χ2n) is 6.98. The molecule has 0 fully saturated rings. The number of ether oxygens (including phenoxy) is 1. The summed E-state index contributed by atoms with van der Waals surface area (Å²) in [5.74, 6) is 1.48. The molecule has 5 heteroatoms. The molecule has 5 nitrogen and oxygen atoms in total. The van der Waals surface area contributed by atoms with Crippen molar-refractivity contribution in [3.8, 4) is 5.75 Å². The number of benzene rings is 2. The molecule has 0 radical (unpaired) electrons. The number of carbonyl (C=O) groups excluding carboxylic acids is 1. The first-order valence-corrected chi connectivity index (χ1v) is 9.73. The van der Waals surface area contributed by atoms with Crippen molar-refractivity contribution in [2.45, 2.75) is 25.6 Å². The molecule has 1 amide bonds. The summed E-state index contributed by atoms with van der Waals surface area (Å²) < 4.78 is 11.2. The third kappa shape index (κ3) is 3.40. The van der Waals surface area contributed by atoms with Crippen molar-refractivity contribution >= 4 is 11.6 Å². The zero-order valence-electron chi connectivity index (χ0n) is 16.4. The number of hydrogen-bond donors (Lipinski definition) is 1. The van der Waals surface area contributed by atoms with E-state index in [1.165, 1.54) is 0 Å². The number of furan rings is 1. The number of rotatable bonds is 7. The SMILES string of the molecule is C=CCOc1ccc(C2(CC)Nc3ccccc3C(=O)N2Cc2ccco2)cc1. The largest absolute Gasteiger partial charge is 0.490 e. The second-order valence-corrected chi connectivity index (χ2v) is 6.98. The van der Waals surface area contributed by atoms with Gasteiger partial charge in [0.15, 0.2) is 0 Å². The van der Waals surface area contributed by atoms with Crippen molar-refractivity contribution in [2.24, 2.45) is 0 Å². The van der Waals surface area contributed by atoms with Crippen molar-refractivity contribution in [2.75, 3.05) is 11.9 Å². The van der Waals surface area contributed by atoms with Gasteiger partial charge < -0.3 is 19.4 Å². The Kier molecular flexibility index (Phi) is 5.12. The lowest BCUT2D eigenvalue weighted by atomic mass is 9.89. The maximum Gasteiger partial charge on any atom is 0.258 e.